The number of nitrogens with one attached hydrogen (secondary N) is 1. The summed E-state index contributed by atoms with van der Waals surface area (Å²) in [6.45, 7) is 4.88. The van der Waals surface area contributed by atoms with Crippen LogP contribution in [0.1, 0.15) is 290 Å². The van der Waals surface area contributed by atoms with Crippen molar-refractivity contribution in [3.63, 3.8) is 0 Å². The average molecular weight is 834 g/mol. The van der Waals surface area contributed by atoms with Gasteiger partial charge in [-0.25, -0.2) is 0 Å². The summed E-state index contributed by atoms with van der Waals surface area (Å²) in [5, 5.41) is 23.2. The first kappa shape index (κ1) is 57.6. The number of esters is 1. The molecule has 0 aliphatic carbocycles. The van der Waals surface area contributed by atoms with E-state index in [4.69, 9.17) is 4.74 Å². The third-order valence-electron chi connectivity index (χ3n) is 12.3. The second kappa shape index (κ2) is 49.3. The van der Waals surface area contributed by atoms with Crippen LogP contribution in [0.4, 0.5) is 0 Å². The van der Waals surface area contributed by atoms with Crippen molar-refractivity contribution in [2.75, 3.05) is 13.2 Å². The molecule has 0 aliphatic rings. The molecule has 0 fully saturated rings. The van der Waals surface area contributed by atoms with Gasteiger partial charge in [-0.05, 0) is 51.4 Å². The van der Waals surface area contributed by atoms with E-state index >= 15 is 0 Å². The number of aliphatic hydroxyl groups is 2. The maximum atomic E-state index is 12.4. The Balaban J connectivity index is 3.50. The standard InChI is InChI=1S/C53H103NO5/c1-3-5-7-9-11-13-15-17-19-21-23-25-29-33-37-41-45-51(56)50(49-55)54-52(57)46-42-38-34-30-27-28-32-36-40-44-48-59-53(58)47-43-39-35-31-26-24-22-20-18-16-14-12-10-8-6-4-2/h28,32,50-51,55-56H,3-27,29-31,33-49H2,1-2H3,(H,54,57)/b32-28-. The Bertz CT molecular complexity index is 878. The fraction of sp³-hybridized carbons (Fsp3) is 0.925. The first-order chi connectivity index (χ1) is 29.0. The van der Waals surface area contributed by atoms with Crippen molar-refractivity contribution in [3.8, 4) is 0 Å². The molecule has 59 heavy (non-hydrogen) atoms. The molecular weight excluding hydrogens is 731 g/mol. The lowest BCUT2D eigenvalue weighted by molar-refractivity contribution is -0.143. The first-order valence-electron chi connectivity index (χ1n) is 26.4. The van der Waals surface area contributed by atoms with E-state index in [1.54, 1.807) is 0 Å². The van der Waals surface area contributed by atoms with Crippen molar-refractivity contribution in [2.24, 2.45) is 0 Å². The summed E-state index contributed by atoms with van der Waals surface area (Å²) in [6, 6.07) is -0.565. The second-order valence-corrected chi connectivity index (χ2v) is 18.2. The van der Waals surface area contributed by atoms with Gasteiger partial charge >= 0.3 is 5.97 Å². The number of aliphatic hydroxyl groups excluding tert-OH is 2. The second-order valence-electron chi connectivity index (χ2n) is 18.2. The molecule has 0 aromatic heterocycles. The highest BCUT2D eigenvalue weighted by molar-refractivity contribution is 5.76. The minimum absolute atomic E-state index is 0.0325. The molecule has 0 saturated heterocycles. The van der Waals surface area contributed by atoms with Crippen molar-refractivity contribution in [1.82, 2.24) is 5.32 Å². The summed E-state index contributed by atoms with van der Waals surface area (Å²) in [4.78, 5) is 24.5. The predicted molar refractivity (Wildman–Crippen MR) is 255 cm³/mol. The number of carbonyl (C=O) groups is 2. The minimum Gasteiger partial charge on any atom is -0.466 e. The molecule has 6 heteroatoms. The highest BCUT2D eigenvalue weighted by Gasteiger charge is 2.20. The van der Waals surface area contributed by atoms with Gasteiger partial charge in [-0.3, -0.25) is 9.59 Å². The fourth-order valence-electron chi connectivity index (χ4n) is 8.22. The van der Waals surface area contributed by atoms with E-state index in [0.29, 0.717) is 25.9 Å². The van der Waals surface area contributed by atoms with Gasteiger partial charge in [0.15, 0.2) is 0 Å². The van der Waals surface area contributed by atoms with Gasteiger partial charge in [0.1, 0.15) is 0 Å². The lowest BCUT2D eigenvalue weighted by Gasteiger charge is -2.22. The van der Waals surface area contributed by atoms with Crippen LogP contribution in [-0.2, 0) is 14.3 Å². The van der Waals surface area contributed by atoms with E-state index in [9.17, 15) is 19.8 Å². The van der Waals surface area contributed by atoms with Crippen LogP contribution in [0.2, 0.25) is 0 Å². The molecule has 3 N–H and O–H groups in total. The lowest BCUT2D eigenvalue weighted by atomic mass is 10.0. The molecule has 0 aromatic carbocycles. The Kier molecular flexibility index (Phi) is 48.1. The van der Waals surface area contributed by atoms with E-state index in [2.05, 4.69) is 31.3 Å². The van der Waals surface area contributed by atoms with Crippen LogP contribution >= 0.6 is 0 Å². The van der Waals surface area contributed by atoms with Crippen molar-refractivity contribution < 1.29 is 24.5 Å². The molecule has 350 valence electrons. The number of amides is 1. The Hall–Kier alpha value is -1.40. The third-order valence-corrected chi connectivity index (χ3v) is 12.3. The molecule has 0 saturated carbocycles. The Labute approximate surface area is 368 Å². The summed E-state index contributed by atoms with van der Waals surface area (Å²) >= 11 is 0. The number of carbonyl (C=O) groups excluding carboxylic acids is 2. The molecule has 0 aromatic rings. The van der Waals surface area contributed by atoms with E-state index < -0.39 is 12.1 Å². The van der Waals surface area contributed by atoms with Crippen LogP contribution in [0.25, 0.3) is 0 Å². The quantitative estimate of drug-likeness (QED) is 0.0322. The first-order valence-corrected chi connectivity index (χ1v) is 26.4. The summed E-state index contributed by atoms with van der Waals surface area (Å²) < 4.78 is 5.44. The van der Waals surface area contributed by atoms with Gasteiger partial charge in [-0.1, -0.05) is 238 Å². The Morgan fingerprint density at radius 2 is 0.797 bits per heavy atom. The van der Waals surface area contributed by atoms with E-state index in [1.165, 1.54) is 180 Å². The molecule has 0 spiro atoms. The van der Waals surface area contributed by atoms with Gasteiger partial charge in [0, 0.05) is 12.8 Å². The molecule has 0 rings (SSSR count). The minimum atomic E-state index is -0.684. The number of hydrogen-bond donors (Lipinski definition) is 3. The zero-order chi connectivity index (χ0) is 43.0. The maximum Gasteiger partial charge on any atom is 0.305 e. The molecular formula is C53H103NO5. The molecule has 1 amide bonds. The van der Waals surface area contributed by atoms with Gasteiger partial charge in [-0.15, -0.1) is 0 Å². The van der Waals surface area contributed by atoms with Gasteiger partial charge in [-0.2, -0.15) is 0 Å². The van der Waals surface area contributed by atoms with Crippen molar-refractivity contribution in [3.05, 3.63) is 12.2 Å². The number of allylic oxidation sites excluding steroid dienone is 2. The van der Waals surface area contributed by atoms with E-state index in [-0.39, 0.29) is 18.5 Å². The number of ether oxygens (including phenoxy) is 1. The SMILES string of the molecule is CCCCCCCCCCCCCCCCCCC(=O)OCCCC/C=C\CCCCCCC(=O)NC(CO)C(O)CCCCCCCCCCCCCCCCCC. The number of hydrogen-bond acceptors (Lipinski definition) is 5. The molecule has 6 nitrogen and oxygen atoms in total. The molecule has 0 heterocycles. The fourth-order valence-corrected chi connectivity index (χ4v) is 8.22. The van der Waals surface area contributed by atoms with Gasteiger partial charge in [0.2, 0.25) is 5.91 Å². The monoisotopic (exact) mass is 834 g/mol. The largest absolute Gasteiger partial charge is 0.466 e. The molecule has 0 radical (unpaired) electrons. The Morgan fingerprint density at radius 3 is 1.20 bits per heavy atom. The predicted octanol–water partition coefficient (Wildman–Crippen LogP) is 15.7. The van der Waals surface area contributed by atoms with Gasteiger partial charge < -0.3 is 20.3 Å². The van der Waals surface area contributed by atoms with E-state index in [1.807, 2.05) is 0 Å². The molecule has 2 atom stereocenters. The van der Waals surface area contributed by atoms with E-state index in [0.717, 1.165) is 77.0 Å². The highest BCUT2D eigenvalue weighted by Crippen LogP contribution is 2.17. The number of rotatable bonds is 49. The normalized spacial score (nSPS) is 12.7. The third kappa shape index (κ3) is 45.9. The van der Waals surface area contributed by atoms with Crippen LogP contribution in [0.5, 0.6) is 0 Å². The van der Waals surface area contributed by atoms with Gasteiger partial charge in [0.25, 0.3) is 0 Å². The number of unbranched alkanes of at least 4 members (excludes halogenated alkanes) is 36. The van der Waals surface area contributed by atoms with Crippen LogP contribution in [0.15, 0.2) is 12.2 Å². The van der Waals surface area contributed by atoms with Crippen LogP contribution < -0.4 is 5.32 Å². The van der Waals surface area contributed by atoms with Gasteiger partial charge in [0.05, 0.1) is 25.4 Å². The van der Waals surface area contributed by atoms with Crippen LogP contribution in [-0.4, -0.2) is 47.4 Å². The van der Waals surface area contributed by atoms with Crippen molar-refractivity contribution in [2.45, 2.75) is 302 Å². The summed E-state index contributed by atoms with van der Waals surface area (Å²) in [5.41, 5.74) is 0. The van der Waals surface area contributed by atoms with Crippen LogP contribution in [0, 0.1) is 0 Å². The Morgan fingerprint density at radius 1 is 0.458 bits per heavy atom. The average Bonchev–Trinajstić information content (AvgIpc) is 3.24. The molecule has 0 bridgehead atoms. The summed E-state index contributed by atoms with van der Waals surface area (Å²) in [6.07, 6.45) is 56.1. The topological polar surface area (TPSA) is 95.9 Å². The highest BCUT2D eigenvalue weighted by atomic mass is 16.5. The summed E-state index contributed by atoms with van der Waals surface area (Å²) in [7, 11) is 0. The van der Waals surface area contributed by atoms with Crippen molar-refractivity contribution >= 4 is 11.9 Å². The van der Waals surface area contributed by atoms with Crippen molar-refractivity contribution in [1.29, 1.82) is 0 Å². The smallest absolute Gasteiger partial charge is 0.305 e. The summed E-state index contributed by atoms with van der Waals surface area (Å²) in [5.74, 6) is -0.101. The lowest BCUT2D eigenvalue weighted by Crippen LogP contribution is -2.45. The zero-order valence-electron chi connectivity index (χ0n) is 39.7. The maximum absolute atomic E-state index is 12.4. The van der Waals surface area contributed by atoms with Crippen LogP contribution in [0.3, 0.4) is 0 Å². The molecule has 0 aliphatic heterocycles. The molecule has 2 unspecified atom stereocenters. The zero-order valence-corrected chi connectivity index (χ0v) is 39.7.